The molecular weight excluding hydrogens is 233 g/mol. The second kappa shape index (κ2) is 6.21. The largest absolute Gasteiger partial charge is 0.380 e. The van der Waals surface area contributed by atoms with Crippen LogP contribution in [-0.2, 0) is 4.74 Å². The Labute approximate surface area is 101 Å². The van der Waals surface area contributed by atoms with E-state index in [-0.39, 0.29) is 6.04 Å². The average Bonchev–Trinajstić information content (AvgIpc) is 2.20. The number of ether oxygens (including phenoxy) is 1. The average molecular weight is 248 g/mol. The molecule has 0 amide bonds. The molecule has 0 heterocycles. The lowest BCUT2D eigenvalue weighted by atomic mass is 10.2. The Hall–Kier alpha value is -0.440. The maximum Gasteiger partial charge on any atom is 0.0664 e. The molecule has 0 bridgehead atoms. The molecular formula is C11H15Cl2NO. The summed E-state index contributed by atoms with van der Waals surface area (Å²) in [7, 11) is 0. The Morgan fingerprint density at radius 3 is 2.80 bits per heavy atom. The second-order valence-corrected chi connectivity index (χ2v) is 4.17. The first-order valence-corrected chi connectivity index (χ1v) is 5.68. The van der Waals surface area contributed by atoms with Crippen LogP contribution in [0.5, 0.6) is 0 Å². The zero-order valence-corrected chi connectivity index (χ0v) is 10.4. The van der Waals surface area contributed by atoms with Crippen LogP contribution < -0.4 is 5.32 Å². The second-order valence-electron chi connectivity index (χ2n) is 3.33. The highest BCUT2D eigenvalue weighted by Crippen LogP contribution is 2.25. The standard InChI is InChI=1S/C11H15Cl2NO/c1-3-15-7-8(2)14-11-6-9(12)4-5-10(11)13/h4-6,8,14H,3,7H2,1-2H3. The van der Waals surface area contributed by atoms with Gasteiger partial charge in [0.2, 0.25) is 0 Å². The van der Waals surface area contributed by atoms with Crippen LogP contribution in [0.3, 0.4) is 0 Å². The first-order valence-electron chi connectivity index (χ1n) is 4.92. The van der Waals surface area contributed by atoms with Crippen LogP contribution >= 0.6 is 23.2 Å². The maximum atomic E-state index is 6.01. The Bertz CT molecular complexity index is 317. The number of halogens is 2. The van der Waals surface area contributed by atoms with Gasteiger partial charge in [0.05, 0.1) is 17.3 Å². The summed E-state index contributed by atoms with van der Waals surface area (Å²) in [5, 5.41) is 4.59. The third-order valence-corrected chi connectivity index (χ3v) is 2.47. The van der Waals surface area contributed by atoms with Crippen LogP contribution in [0.15, 0.2) is 18.2 Å². The van der Waals surface area contributed by atoms with E-state index in [1.54, 1.807) is 12.1 Å². The predicted octanol–water partition coefficient (Wildman–Crippen LogP) is 3.83. The molecule has 4 heteroatoms. The Kier molecular flexibility index (Phi) is 5.23. The summed E-state index contributed by atoms with van der Waals surface area (Å²) in [5.41, 5.74) is 0.844. The Morgan fingerprint density at radius 2 is 2.13 bits per heavy atom. The lowest BCUT2D eigenvalue weighted by Gasteiger charge is -2.16. The Balaban J connectivity index is 2.59. The van der Waals surface area contributed by atoms with Crippen molar-refractivity contribution in [1.29, 1.82) is 0 Å². The van der Waals surface area contributed by atoms with Crippen molar-refractivity contribution in [2.24, 2.45) is 0 Å². The van der Waals surface area contributed by atoms with Crippen LogP contribution in [-0.4, -0.2) is 19.3 Å². The first kappa shape index (κ1) is 12.6. The van der Waals surface area contributed by atoms with Crippen molar-refractivity contribution in [3.05, 3.63) is 28.2 Å². The smallest absolute Gasteiger partial charge is 0.0664 e. The lowest BCUT2D eigenvalue weighted by molar-refractivity contribution is 0.141. The van der Waals surface area contributed by atoms with E-state index in [0.29, 0.717) is 16.7 Å². The van der Waals surface area contributed by atoms with Gasteiger partial charge in [0.15, 0.2) is 0 Å². The summed E-state index contributed by atoms with van der Waals surface area (Å²) in [5.74, 6) is 0. The van der Waals surface area contributed by atoms with E-state index in [1.807, 2.05) is 19.9 Å². The number of hydrogen-bond acceptors (Lipinski definition) is 2. The van der Waals surface area contributed by atoms with Crippen LogP contribution in [0.1, 0.15) is 13.8 Å². The van der Waals surface area contributed by atoms with Crippen molar-refractivity contribution in [3.8, 4) is 0 Å². The fourth-order valence-electron chi connectivity index (χ4n) is 1.21. The van der Waals surface area contributed by atoms with Gasteiger partial charge in [0.1, 0.15) is 0 Å². The molecule has 0 saturated carbocycles. The van der Waals surface area contributed by atoms with Gasteiger partial charge in [-0.05, 0) is 32.0 Å². The molecule has 1 N–H and O–H groups in total. The highest BCUT2D eigenvalue weighted by molar-refractivity contribution is 6.35. The molecule has 84 valence electrons. The highest BCUT2D eigenvalue weighted by atomic mass is 35.5. The van der Waals surface area contributed by atoms with Gasteiger partial charge in [-0.25, -0.2) is 0 Å². The summed E-state index contributed by atoms with van der Waals surface area (Å²) in [6.45, 7) is 5.38. The van der Waals surface area contributed by atoms with Crippen molar-refractivity contribution in [1.82, 2.24) is 0 Å². The van der Waals surface area contributed by atoms with E-state index in [1.165, 1.54) is 0 Å². The Morgan fingerprint density at radius 1 is 1.40 bits per heavy atom. The van der Waals surface area contributed by atoms with E-state index in [9.17, 15) is 0 Å². The minimum Gasteiger partial charge on any atom is -0.380 e. The number of hydrogen-bond donors (Lipinski definition) is 1. The van der Waals surface area contributed by atoms with Crippen LogP contribution in [0.4, 0.5) is 5.69 Å². The maximum absolute atomic E-state index is 6.01. The minimum absolute atomic E-state index is 0.209. The van der Waals surface area contributed by atoms with Crippen LogP contribution in [0, 0.1) is 0 Å². The quantitative estimate of drug-likeness (QED) is 0.854. The monoisotopic (exact) mass is 247 g/mol. The molecule has 0 aromatic heterocycles. The molecule has 0 aliphatic rings. The zero-order valence-electron chi connectivity index (χ0n) is 8.89. The highest BCUT2D eigenvalue weighted by Gasteiger charge is 2.05. The molecule has 2 nitrogen and oxygen atoms in total. The summed E-state index contributed by atoms with van der Waals surface area (Å²) < 4.78 is 5.30. The third kappa shape index (κ3) is 4.29. The molecule has 1 aromatic carbocycles. The van der Waals surface area contributed by atoms with Gasteiger partial charge in [0.25, 0.3) is 0 Å². The van der Waals surface area contributed by atoms with Gasteiger partial charge in [-0.3, -0.25) is 0 Å². The zero-order chi connectivity index (χ0) is 11.3. The van der Waals surface area contributed by atoms with E-state index in [2.05, 4.69) is 5.32 Å². The van der Waals surface area contributed by atoms with Gasteiger partial charge in [-0.2, -0.15) is 0 Å². The minimum atomic E-state index is 0.209. The molecule has 0 aliphatic carbocycles. The molecule has 0 saturated heterocycles. The summed E-state index contributed by atoms with van der Waals surface area (Å²) >= 11 is 11.9. The molecule has 0 spiro atoms. The molecule has 0 aliphatic heterocycles. The van der Waals surface area contributed by atoms with Crippen LogP contribution in [0.25, 0.3) is 0 Å². The van der Waals surface area contributed by atoms with Crippen molar-refractivity contribution >= 4 is 28.9 Å². The first-order chi connectivity index (χ1) is 7.13. The van der Waals surface area contributed by atoms with Gasteiger partial charge < -0.3 is 10.1 Å². The molecule has 1 unspecified atom stereocenters. The van der Waals surface area contributed by atoms with Crippen LogP contribution in [0.2, 0.25) is 10.0 Å². The molecule has 0 radical (unpaired) electrons. The third-order valence-electron chi connectivity index (χ3n) is 1.90. The van der Waals surface area contributed by atoms with Gasteiger partial charge >= 0.3 is 0 Å². The molecule has 1 rings (SSSR count). The molecule has 1 aromatic rings. The van der Waals surface area contributed by atoms with Crippen molar-refractivity contribution in [2.45, 2.75) is 19.9 Å². The topological polar surface area (TPSA) is 21.3 Å². The lowest BCUT2D eigenvalue weighted by Crippen LogP contribution is -2.21. The summed E-state index contributed by atoms with van der Waals surface area (Å²) in [6.07, 6.45) is 0. The van der Waals surface area contributed by atoms with Gasteiger partial charge in [-0.15, -0.1) is 0 Å². The normalized spacial score (nSPS) is 12.5. The van der Waals surface area contributed by atoms with Gasteiger partial charge in [0, 0.05) is 17.7 Å². The van der Waals surface area contributed by atoms with Crippen molar-refractivity contribution in [3.63, 3.8) is 0 Å². The predicted molar refractivity (Wildman–Crippen MR) is 66.0 cm³/mol. The fraction of sp³-hybridized carbons (Fsp3) is 0.455. The van der Waals surface area contributed by atoms with E-state index >= 15 is 0 Å². The van der Waals surface area contributed by atoms with E-state index in [0.717, 1.165) is 12.3 Å². The molecule has 0 fully saturated rings. The number of anilines is 1. The molecule has 15 heavy (non-hydrogen) atoms. The molecule has 1 atom stereocenters. The van der Waals surface area contributed by atoms with Crippen molar-refractivity contribution < 1.29 is 4.74 Å². The summed E-state index contributed by atoms with van der Waals surface area (Å²) in [6, 6.07) is 5.56. The number of benzene rings is 1. The van der Waals surface area contributed by atoms with E-state index in [4.69, 9.17) is 27.9 Å². The van der Waals surface area contributed by atoms with Gasteiger partial charge in [-0.1, -0.05) is 23.2 Å². The number of nitrogens with one attached hydrogen (secondary N) is 1. The van der Waals surface area contributed by atoms with E-state index < -0.39 is 0 Å². The van der Waals surface area contributed by atoms with Crippen molar-refractivity contribution in [2.75, 3.05) is 18.5 Å². The number of rotatable bonds is 5. The SMILES string of the molecule is CCOCC(C)Nc1cc(Cl)ccc1Cl. The summed E-state index contributed by atoms with van der Waals surface area (Å²) in [4.78, 5) is 0. The fourth-order valence-corrected chi connectivity index (χ4v) is 1.55.